The fourth-order valence-electron chi connectivity index (χ4n) is 4.97. The van der Waals surface area contributed by atoms with Crippen LogP contribution in [0, 0.1) is 16.7 Å². The molecule has 38 heavy (non-hydrogen) atoms. The van der Waals surface area contributed by atoms with Crippen molar-refractivity contribution in [3.05, 3.63) is 29.5 Å². The van der Waals surface area contributed by atoms with Crippen LogP contribution in [0.4, 0.5) is 17.5 Å². The van der Waals surface area contributed by atoms with Gasteiger partial charge in [-0.15, -0.1) is 0 Å². The highest BCUT2D eigenvalue weighted by Gasteiger charge is 2.45. The number of fused-ring (bicyclic) bond motifs is 2. The van der Waals surface area contributed by atoms with Crippen LogP contribution < -0.4 is 20.1 Å². The van der Waals surface area contributed by atoms with Gasteiger partial charge in [-0.2, -0.15) is 15.2 Å². The number of ether oxygens (including phenoxy) is 3. The lowest BCUT2D eigenvalue weighted by molar-refractivity contribution is -0.0590. The third-order valence-electron chi connectivity index (χ3n) is 7.10. The predicted molar refractivity (Wildman–Crippen MR) is 135 cm³/mol. The first-order valence-electron chi connectivity index (χ1n) is 12.4. The Hall–Kier alpha value is -4.12. The molecule has 1 amide bonds. The van der Waals surface area contributed by atoms with Gasteiger partial charge in [0.25, 0.3) is 5.91 Å². The molecule has 2 fully saturated rings. The fraction of sp³-hybridized carbons (Fsp3) is 0.440. The van der Waals surface area contributed by atoms with Gasteiger partial charge in [0.05, 0.1) is 53.5 Å². The normalized spacial score (nSPS) is 19.6. The largest absolute Gasteiger partial charge is 0.485 e. The van der Waals surface area contributed by atoms with Gasteiger partial charge in [0.1, 0.15) is 30.7 Å². The van der Waals surface area contributed by atoms with Crippen molar-refractivity contribution < 1.29 is 29.2 Å². The maximum atomic E-state index is 13.2. The van der Waals surface area contributed by atoms with Gasteiger partial charge in [-0.3, -0.25) is 4.79 Å². The van der Waals surface area contributed by atoms with Crippen molar-refractivity contribution in [1.82, 2.24) is 19.9 Å². The summed E-state index contributed by atoms with van der Waals surface area (Å²) < 4.78 is 17.2. The van der Waals surface area contributed by atoms with Crippen molar-refractivity contribution >= 4 is 34.4 Å². The summed E-state index contributed by atoms with van der Waals surface area (Å²) in [6, 6.07) is 5.58. The molecule has 3 aliphatic heterocycles. The van der Waals surface area contributed by atoms with Crippen LogP contribution in [0.15, 0.2) is 18.3 Å². The van der Waals surface area contributed by atoms with Crippen molar-refractivity contribution in [2.24, 2.45) is 5.41 Å². The van der Waals surface area contributed by atoms with Crippen LogP contribution in [0.25, 0.3) is 11.0 Å². The molecule has 5 N–H and O–H groups in total. The number of aliphatic hydroxyl groups is 2. The van der Waals surface area contributed by atoms with Crippen LogP contribution in [-0.2, 0) is 4.74 Å². The van der Waals surface area contributed by atoms with E-state index < -0.39 is 5.41 Å². The van der Waals surface area contributed by atoms with Crippen molar-refractivity contribution in [3.63, 3.8) is 0 Å². The van der Waals surface area contributed by atoms with Gasteiger partial charge >= 0.3 is 0 Å². The molecule has 1 atom stereocenters. The summed E-state index contributed by atoms with van der Waals surface area (Å²) in [4.78, 5) is 27.0. The van der Waals surface area contributed by atoms with E-state index in [9.17, 15) is 20.3 Å². The van der Waals surface area contributed by atoms with E-state index in [2.05, 4.69) is 31.7 Å². The summed E-state index contributed by atoms with van der Waals surface area (Å²) in [6.45, 7) is 1.91. The number of aromatic amines is 1. The number of aromatic nitrogens is 3. The Morgan fingerprint density at radius 3 is 2.68 bits per heavy atom. The number of benzene rings is 1. The lowest BCUT2D eigenvalue weighted by Gasteiger charge is -2.48. The summed E-state index contributed by atoms with van der Waals surface area (Å²) in [7, 11) is 0. The van der Waals surface area contributed by atoms with E-state index in [1.807, 2.05) is 0 Å². The highest BCUT2D eigenvalue weighted by molar-refractivity contribution is 6.00. The molecule has 6 rings (SSSR count). The fourth-order valence-corrected chi connectivity index (χ4v) is 4.97. The second-order valence-corrected chi connectivity index (χ2v) is 9.76. The molecular formula is C25H27N7O6. The summed E-state index contributed by atoms with van der Waals surface area (Å²) in [6.07, 6.45) is 2.42. The SMILES string of the molecule is N#Cc1c[nH]c2nc(Nc3ccc(C(=O)N4CC(CO)(CO)C4)c4c3OCCO4)nc(N[C@H]3CCOC3)c12. The number of carbonyl (C=O) groups is 1. The Labute approximate surface area is 217 Å². The van der Waals surface area contributed by atoms with E-state index in [0.717, 1.165) is 6.42 Å². The van der Waals surface area contributed by atoms with E-state index in [1.165, 1.54) is 0 Å². The number of nitrogens with zero attached hydrogens (tertiary/aromatic N) is 4. The molecule has 3 aliphatic rings. The maximum absolute atomic E-state index is 13.2. The molecule has 0 bridgehead atoms. The monoisotopic (exact) mass is 521 g/mol. The highest BCUT2D eigenvalue weighted by atomic mass is 16.6. The van der Waals surface area contributed by atoms with Gasteiger partial charge in [-0.05, 0) is 18.6 Å². The summed E-state index contributed by atoms with van der Waals surface area (Å²) in [5.74, 6) is 1.18. The molecule has 0 saturated carbocycles. The average molecular weight is 522 g/mol. The van der Waals surface area contributed by atoms with E-state index in [4.69, 9.17) is 14.2 Å². The molecule has 2 saturated heterocycles. The lowest BCUT2D eigenvalue weighted by atomic mass is 9.81. The number of aliphatic hydroxyl groups excluding tert-OH is 2. The molecule has 2 aromatic heterocycles. The van der Waals surface area contributed by atoms with Crippen LogP contribution >= 0.6 is 0 Å². The number of H-pyrrole nitrogens is 1. The molecule has 198 valence electrons. The van der Waals surface area contributed by atoms with Gasteiger partial charge in [0, 0.05) is 25.9 Å². The summed E-state index contributed by atoms with van der Waals surface area (Å²) in [5, 5.41) is 35.8. The number of hydrogen-bond donors (Lipinski definition) is 5. The first-order chi connectivity index (χ1) is 18.5. The Morgan fingerprint density at radius 2 is 1.97 bits per heavy atom. The molecule has 0 spiro atoms. The third-order valence-corrected chi connectivity index (χ3v) is 7.10. The number of carbonyl (C=O) groups excluding carboxylic acids is 1. The van der Waals surface area contributed by atoms with Gasteiger partial charge < -0.3 is 44.9 Å². The van der Waals surface area contributed by atoms with Crippen molar-refractivity contribution in [1.29, 1.82) is 5.26 Å². The predicted octanol–water partition coefficient (Wildman–Crippen LogP) is 0.972. The zero-order valence-electron chi connectivity index (χ0n) is 20.5. The van der Waals surface area contributed by atoms with Crippen LogP contribution in [0.5, 0.6) is 11.5 Å². The average Bonchev–Trinajstić information content (AvgIpc) is 3.58. The molecule has 3 aromatic rings. The van der Waals surface area contributed by atoms with Crippen LogP contribution in [-0.4, -0.2) is 94.7 Å². The third kappa shape index (κ3) is 4.12. The Morgan fingerprint density at radius 1 is 1.18 bits per heavy atom. The van der Waals surface area contributed by atoms with Gasteiger partial charge in [0.15, 0.2) is 11.5 Å². The number of nitrogens with one attached hydrogen (secondary N) is 3. The number of nitriles is 1. The van der Waals surface area contributed by atoms with Gasteiger partial charge in [-0.25, -0.2) is 0 Å². The Kier molecular flexibility index (Phi) is 6.15. The molecule has 1 aromatic carbocycles. The minimum absolute atomic E-state index is 0.0640. The number of hydrogen-bond acceptors (Lipinski definition) is 11. The summed E-state index contributed by atoms with van der Waals surface area (Å²) >= 11 is 0. The van der Waals surface area contributed by atoms with Gasteiger partial charge in [-0.1, -0.05) is 0 Å². The Bertz CT molecular complexity index is 1420. The second kappa shape index (κ2) is 9.64. The first kappa shape index (κ1) is 24.2. The lowest BCUT2D eigenvalue weighted by Crippen LogP contribution is -2.62. The first-order valence-corrected chi connectivity index (χ1v) is 12.4. The van der Waals surface area contributed by atoms with E-state index in [1.54, 1.807) is 23.2 Å². The summed E-state index contributed by atoms with van der Waals surface area (Å²) in [5.41, 5.74) is 1.10. The molecule has 5 heterocycles. The smallest absolute Gasteiger partial charge is 0.257 e. The van der Waals surface area contributed by atoms with Crippen molar-refractivity contribution in [2.75, 3.05) is 63.4 Å². The number of rotatable bonds is 7. The standard InChI is InChI=1S/C25H27N7O6/c26-7-14-8-27-21-18(14)22(28-15-3-4-36-9-15)31-24(30-21)29-17-2-1-16(19-20(17)38-6-5-37-19)23(35)32-10-25(11-32,12-33)13-34/h1-2,8,15,33-34H,3-6,9-13H2,(H3,27,28,29,30,31)/t15-/m0/s1. The van der Waals surface area contributed by atoms with E-state index in [0.29, 0.717) is 65.0 Å². The zero-order valence-corrected chi connectivity index (χ0v) is 20.5. The van der Waals surface area contributed by atoms with Crippen LogP contribution in [0.1, 0.15) is 22.3 Å². The molecule has 0 radical (unpaired) electrons. The highest BCUT2D eigenvalue weighted by Crippen LogP contribution is 2.43. The quantitative estimate of drug-likeness (QED) is 0.299. The van der Waals surface area contributed by atoms with Crippen LogP contribution in [0.2, 0.25) is 0 Å². The molecular weight excluding hydrogens is 494 g/mol. The maximum Gasteiger partial charge on any atom is 0.257 e. The topological polar surface area (TPSA) is 178 Å². The minimum Gasteiger partial charge on any atom is -0.485 e. The molecule has 13 heteroatoms. The molecule has 13 nitrogen and oxygen atoms in total. The van der Waals surface area contributed by atoms with Gasteiger partial charge in [0.2, 0.25) is 5.95 Å². The molecule has 0 aliphatic carbocycles. The number of amides is 1. The van der Waals surface area contributed by atoms with Crippen molar-refractivity contribution in [3.8, 4) is 17.6 Å². The number of anilines is 3. The van der Waals surface area contributed by atoms with E-state index >= 15 is 0 Å². The zero-order chi connectivity index (χ0) is 26.3. The minimum atomic E-state index is -0.676. The Balaban J connectivity index is 1.31. The number of likely N-dealkylation sites (tertiary alicyclic amines) is 1. The van der Waals surface area contributed by atoms with Crippen molar-refractivity contribution in [2.45, 2.75) is 12.5 Å². The van der Waals surface area contributed by atoms with E-state index in [-0.39, 0.29) is 50.8 Å². The van der Waals surface area contributed by atoms with Crippen LogP contribution in [0.3, 0.4) is 0 Å². The molecule has 0 unspecified atom stereocenters. The second-order valence-electron chi connectivity index (χ2n) is 9.76.